The van der Waals surface area contributed by atoms with E-state index in [9.17, 15) is 4.39 Å². The minimum absolute atomic E-state index is 0.291. The van der Waals surface area contributed by atoms with Gasteiger partial charge in [-0.25, -0.2) is 4.39 Å². The van der Waals surface area contributed by atoms with E-state index in [2.05, 4.69) is 11.1 Å². The number of pyridine rings is 1. The maximum absolute atomic E-state index is 13.2. The van der Waals surface area contributed by atoms with Crippen LogP contribution in [0.15, 0.2) is 42.6 Å². The maximum atomic E-state index is 13.2. The van der Waals surface area contributed by atoms with Crippen molar-refractivity contribution in [2.75, 3.05) is 0 Å². The zero-order valence-corrected chi connectivity index (χ0v) is 6.87. The number of aromatic nitrogens is 1. The van der Waals surface area contributed by atoms with Crippen molar-refractivity contribution in [3.8, 4) is 11.3 Å². The largest absolute Gasteiger partial charge is 0.256 e. The topological polar surface area (TPSA) is 12.9 Å². The van der Waals surface area contributed by atoms with Gasteiger partial charge >= 0.3 is 0 Å². The lowest BCUT2D eigenvalue weighted by Crippen LogP contribution is -1.85. The molecule has 0 saturated heterocycles. The summed E-state index contributed by atoms with van der Waals surface area (Å²) < 4.78 is 13.2. The van der Waals surface area contributed by atoms with E-state index in [1.54, 1.807) is 30.5 Å². The van der Waals surface area contributed by atoms with Gasteiger partial charge in [-0.2, -0.15) is 0 Å². The Morgan fingerprint density at radius 3 is 2.77 bits per heavy atom. The van der Waals surface area contributed by atoms with Crippen LogP contribution in [0.3, 0.4) is 0 Å². The molecule has 2 heteroatoms. The van der Waals surface area contributed by atoms with Crippen LogP contribution in [0.25, 0.3) is 11.3 Å². The Balaban J connectivity index is 2.54. The molecule has 0 N–H and O–H groups in total. The molecule has 1 nitrogen and oxygen atoms in total. The van der Waals surface area contributed by atoms with Crippen LogP contribution in [0.4, 0.5) is 4.39 Å². The molecule has 0 bridgehead atoms. The van der Waals surface area contributed by atoms with Gasteiger partial charge in [-0.1, -0.05) is 18.2 Å². The second-order valence-electron chi connectivity index (χ2n) is 2.61. The molecule has 13 heavy (non-hydrogen) atoms. The van der Waals surface area contributed by atoms with Gasteiger partial charge in [-0.05, 0) is 24.3 Å². The van der Waals surface area contributed by atoms with Crippen LogP contribution in [-0.4, -0.2) is 4.98 Å². The van der Waals surface area contributed by atoms with Crippen molar-refractivity contribution in [1.29, 1.82) is 0 Å². The number of halogens is 1. The summed E-state index contributed by atoms with van der Waals surface area (Å²) in [5.74, 6) is -0.291. The van der Waals surface area contributed by atoms with Gasteiger partial charge in [-0.15, -0.1) is 0 Å². The second-order valence-corrected chi connectivity index (χ2v) is 2.61. The fourth-order valence-electron chi connectivity index (χ4n) is 1.12. The van der Waals surface area contributed by atoms with Crippen LogP contribution in [0.1, 0.15) is 0 Å². The van der Waals surface area contributed by atoms with Crippen LogP contribution >= 0.6 is 0 Å². The third-order valence-electron chi connectivity index (χ3n) is 1.73. The molecule has 1 heterocycles. The lowest BCUT2D eigenvalue weighted by molar-refractivity contribution is 0.630. The maximum Gasteiger partial charge on any atom is 0.133 e. The standard InChI is InChI=1S/C11H7FN/c12-10-6-2-1-5-9(10)11-7-3-4-8-13-11/h1-4,6-8H. The van der Waals surface area contributed by atoms with Gasteiger partial charge in [0.25, 0.3) is 0 Å². The molecule has 0 aliphatic carbocycles. The van der Waals surface area contributed by atoms with Crippen molar-refractivity contribution in [2.24, 2.45) is 0 Å². The van der Waals surface area contributed by atoms with E-state index in [0.29, 0.717) is 11.3 Å². The smallest absolute Gasteiger partial charge is 0.133 e. The van der Waals surface area contributed by atoms with Crippen LogP contribution in [0.5, 0.6) is 0 Å². The summed E-state index contributed by atoms with van der Waals surface area (Å²) in [6.45, 7) is 0. The van der Waals surface area contributed by atoms with Crippen LogP contribution in [0, 0.1) is 11.9 Å². The molecule has 2 rings (SSSR count). The van der Waals surface area contributed by atoms with Gasteiger partial charge in [0, 0.05) is 11.8 Å². The third kappa shape index (κ3) is 1.56. The van der Waals surface area contributed by atoms with E-state index >= 15 is 0 Å². The molecule has 0 fully saturated rings. The molecule has 0 saturated carbocycles. The fraction of sp³-hybridized carbons (Fsp3) is 0. The number of nitrogens with zero attached hydrogens (tertiary/aromatic N) is 1. The highest BCUT2D eigenvalue weighted by atomic mass is 19.1. The molecule has 2 aromatic rings. The molecule has 0 amide bonds. The molecule has 0 atom stereocenters. The Morgan fingerprint density at radius 1 is 1.15 bits per heavy atom. The Bertz CT molecular complexity index is 398. The quantitative estimate of drug-likeness (QED) is 0.644. The van der Waals surface area contributed by atoms with Crippen molar-refractivity contribution in [2.45, 2.75) is 0 Å². The van der Waals surface area contributed by atoms with Crippen LogP contribution in [-0.2, 0) is 0 Å². The molecule has 1 aromatic heterocycles. The lowest BCUT2D eigenvalue weighted by atomic mass is 10.1. The van der Waals surface area contributed by atoms with Crippen molar-refractivity contribution in [3.63, 3.8) is 0 Å². The summed E-state index contributed by atoms with van der Waals surface area (Å²) in [4.78, 5) is 4.04. The minimum atomic E-state index is -0.291. The Morgan fingerprint density at radius 2 is 2.08 bits per heavy atom. The minimum Gasteiger partial charge on any atom is -0.256 e. The Labute approximate surface area is 75.9 Å². The SMILES string of the molecule is Fc1ccc[c]c1-c1ccccn1. The van der Waals surface area contributed by atoms with Crippen molar-refractivity contribution in [1.82, 2.24) is 4.98 Å². The zero-order valence-electron chi connectivity index (χ0n) is 6.87. The fourth-order valence-corrected chi connectivity index (χ4v) is 1.12. The van der Waals surface area contributed by atoms with Crippen molar-refractivity contribution in [3.05, 3.63) is 54.5 Å². The number of benzene rings is 1. The number of hydrogen-bond acceptors (Lipinski definition) is 1. The van der Waals surface area contributed by atoms with E-state index in [4.69, 9.17) is 0 Å². The predicted octanol–water partition coefficient (Wildman–Crippen LogP) is 2.69. The van der Waals surface area contributed by atoms with Gasteiger partial charge in [0.1, 0.15) is 5.82 Å². The van der Waals surface area contributed by atoms with Gasteiger partial charge in [0.05, 0.1) is 5.69 Å². The van der Waals surface area contributed by atoms with Crippen LogP contribution in [0.2, 0.25) is 0 Å². The highest BCUT2D eigenvalue weighted by Crippen LogP contribution is 2.18. The van der Waals surface area contributed by atoms with Gasteiger partial charge in [-0.3, -0.25) is 4.98 Å². The number of hydrogen-bond donors (Lipinski definition) is 0. The highest BCUT2D eigenvalue weighted by molar-refractivity contribution is 5.58. The first kappa shape index (κ1) is 7.92. The monoisotopic (exact) mass is 172 g/mol. The van der Waals surface area contributed by atoms with E-state index in [-0.39, 0.29) is 5.82 Å². The highest BCUT2D eigenvalue weighted by Gasteiger charge is 2.03. The van der Waals surface area contributed by atoms with E-state index in [1.165, 1.54) is 6.07 Å². The Kier molecular flexibility index (Phi) is 2.04. The first-order chi connectivity index (χ1) is 6.38. The normalized spacial score (nSPS) is 9.92. The van der Waals surface area contributed by atoms with Gasteiger partial charge in [0.2, 0.25) is 0 Å². The summed E-state index contributed by atoms with van der Waals surface area (Å²) in [6, 6.07) is 12.9. The van der Waals surface area contributed by atoms with Gasteiger partial charge < -0.3 is 0 Å². The molecule has 0 spiro atoms. The molecular formula is C11H7FN. The van der Waals surface area contributed by atoms with E-state index < -0.39 is 0 Å². The molecule has 1 radical (unpaired) electrons. The molecular weight excluding hydrogens is 165 g/mol. The lowest BCUT2D eigenvalue weighted by Gasteiger charge is -1.99. The molecule has 0 aliphatic rings. The third-order valence-corrected chi connectivity index (χ3v) is 1.73. The summed E-state index contributed by atoms with van der Waals surface area (Å²) in [6.07, 6.45) is 1.63. The molecule has 0 aliphatic heterocycles. The molecule has 1 aromatic carbocycles. The summed E-state index contributed by atoms with van der Waals surface area (Å²) in [5, 5.41) is 0. The first-order valence-corrected chi connectivity index (χ1v) is 3.95. The molecule has 63 valence electrons. The second kappa shape index (κ2) is 3.35. The summed E-state index contributed by atoms with van der Waals surface area (Å²) in [7, 11) is 0. The van der Waals surface area contributed by atoms with Crippen molar-refractivity contribution < 1.29 is 4.39 Å². The zero-order chi connectivity index (χ0) is 9.10. The predicted molar refractivity (Wildman–Crippen MR) is 48.5 cm³/mol. The molecule has 0 unspecified atom stereocenters. The van der Waals surface area contributed by atoms with E-state index in [1.807, 2.05) is 6.07 Å². The van der Waals surface area contributed by atoms with Gasteiger partial charge in [0.15, 0.2) is 0 Å². The summed E-state index contributed by atoms with van der Waals surface area (Å²) in [5.41, 5.74) is 1.03. The van der Waals surface area contributed by atoms with Crippen LogP contribution < -0.4 is 0 Å². The average Bonchev–Trinajstić information content (AvgIpc) is 2.20. The van der Waals surface area contributed by atoms with E-state index in [0.717, 1.165) is 0 Å². The Hall–Kier alpha value is -1.70. The number of rotatable bonds is 1. The van der Waals surface area contributed by atoms with Crippen molar-refractivity contribution >= 4 is 0 Å². The average molecular weight is 172 g/mol. The summed E-state index contributed by atoms with van der Waals surface area (Å²) >= 11 is 0. The first-order valence-electron chi connectivity index (χ1n) is 3.95.